The van der Waals surface area contributed by atoms with Gasteiger partial charge in [0.15, 0.2) is 0 Å². The minimum absolute atomic E-state index is 0.156. The third-order valence-corrected chi connectivity index (χ3v) is 3.01. The molecule has 0 radical (unpaired) electrons. The summed E-state index contributed by atoms with van der Waals surface area (Å²) in [7, 11) is 0. The number of aromatic hydroxyl groups is 1. The Morgan fingerprint density at radius 1 is 1.19 bits per heavy atom. The number of phenolic OH excluding ortho intramolecular Hbond substituents is 1. The van der Waals surface area contributed by atoms with Gasteiger partial charge in [0.1, 0.15) is 5.75 Å². The summed E-state index contributed by atoms with van der Waals surface area (Å²) in [5.41, 5.74) is 6.75. The van der Waals surface area contributed by atoms with Crippen LogP contribution in [0.2, 0.25) is 0 Å². The lowest BCUT2D eigenvalue weighted by molar-refractivity contribution is -0.132. The Bertz CT molecular complexity index is 524. The molecule has 0 aromatic heterocycles. The largest absolute Gasteiger partial charge is 0.508 e. The van der Waals surface area contributed by atoms with Gasteiger partial charge in [0.2, 0.25) is 5.91 Å². The van der Waals surface area contributed by atoms with Crippen LogP contribution in [0.3, 0.4) is 0 Å². The van der Waals surface area contributed by atoms with Crippen molar-refractivity contribution in [2.75, 3.05) is 13.1 Å². The van der Waals surface area contributed by atoms with Crippen LogP contribution in [0.25, 0.3) is 0 Å². The fraction of sp³-hybridized carbons (Fsp3) is 0.400. The maximum absolute atomic E-state index is 12.3. The lowest BCUT2D eigenvalue weighted by Crippen LogP contribution is -2.45. The first-order chi connectivity index (χ1) is 10.1. The van der Waals surface area contributed by atoms with Crippen molar-refractivity contribution in [3.8, 4) is 17.9 Å². The average molecular weight is 286 g/mol. The molecule has 0 aliphatic heterocycles. The molecule has 0 aliphatic rings. The highest BCUT2D eigenvalue weighted by molar-refractivity contribution is 5.82. The Kier molecular flexibility index (Phi) is 6.73. The fourth-order valence-electron chi connectivity index (χ4n) is 1.91. The van der Waals surface area contributed by atoms with Crippen LogP contribution < -0.4 is 5.73 Å². The molecule has 1 unspecified atom stereocenters. The van der Waals surface area contributed by atoms with Crippen LogP contribution in [0.4, 0.5) is 0 Å². The van der Waals surface area contributed by atoms with Gasteiger partial charge in [0, 0.05) is 13.1 Å². The lowest BCUT2D eigenvalue weighted by Gasteiger charge is -2.24. The number of amides is 1. The molecule has 6 nitrogen and oxygen atoms in total. The maximum Gasteiger partial charge on any atom is 0.239 e. The fourth-order valence-corrected chi connectivity index (χ4v) is 1.91. The van der Waals surface area contributed by atoms with E-state index in [9.17, 15) is 9.90 Å². The molecule has 0 fully saturated rings. The summed E-state index contributed by atoms with van der Waals surface area (Å²) < 4.78 is 0. The van der Waals surface area contributed by atoms with Crippen LogP contribution >= 0.6 is 0 Å². The first kappa shape index (κ1) is 16.5. The number of nitrogens with two attached hydrogens (primary N) is 1. The SMILES string of the molecule is N#CCCN(CCC#N)C(=O)C(N)Cc1ccc(O)cc1. The van der Waals surface area contributed by atoms with Gasteiger partial charge in [-0.3, -0.25) is 4.79 Å². The van der Waals surface area contributed by atoms with E-state index >= 15 is 0 Å². The zero-order chi connectivity index (χ0) is 15.7. The molecule has 110 valence electrons. The summed E-state index contributed by atoms with van der Waals surface area (Å²) in [5, 5.41) is 26.4. The zero-order valence-electron chi connectivity index (χ0n) is 11.7. The van der Waals surface area contributed by atoms with Gasteiger partial charge >= 0.3 is 0 Å². The molecule has 6 heteroatoms. The van der Waals surface area contributed by atoms with Gasteiger partial charge in [0.25, 0.3) is 0 Å². The normalized spacial score (nSPS) is 11.2. The van der Waals surface area contributed by atoms with Gasteiger partial charge in [-0.1, -0.05) is 12.1 Å². The van der Waals surface area contributed by atoms with Crippen LogP contribution in [-0.2, 0) is 11.2 Å². The van der Waals surface area contributed by atoms with Crippen LogP contribution in [0, 0.1) is 22.7 Å². The number of nitriles is 2. The Morgan fingerprint density at radius 2 is 1.71 bits per heavy atom. The number of carbonyl (C=O) groups is 1. The molecule has 0 saturated carbocycles. The summed E-state index contributed by atoms with van der Waals surface area (Å²) in [6.45, 7) is 0.556. The number of rotatable bonds is 7. The first-order valence-electron chi connectivity index (χ1n) is 6.64. The molecule has 1 rings (SSSR count). The molecule has 3 N–H and O–H groups in total. The minimum atomic E-state index is -0.730. The third kappa shape index (κ3) is 5.52. The van der Waals surface area contributed by atoms with Crippen molar-refractivity contribution >= 4 is 5.91 Å². The van der Waals surface area contributed by atoms with Crippen molar-refractivity contribution in [2.24, 2.45) is 5.73 Å². The second kappa shape index (κ2) is 8.57. The third-order valence-electron chi connectivity index (χ3n) is 3.01. The van der Waals surface area contributed by atoms with E-state index in [4.69, 9.17) is 16.3 Å². The van der Waals surface area contributed by atoms with E-state index in [0.29, 0.717) is 6.42 Å². The molecule has 1 aromatic carbocycles. The van der Waals surface area contributed by atoms with Crippen LogP contribution in [0.5, 0.6) is 5.75 Å². The minimum Gasteiger partial charge on any atom is -0.508 e. The molecular weight excluding hydrogens is 268 g/mol. The topological polar surface area (TPSA) is 114 Å². The maximum atomic E-state index is 12.3. The van der Waals surface area contributed by atoms with E-state index in [1.807, 2.05) is 12.1 Å². The second-order valence-corrected chi connectivity index (χ2v) is 4.62. The van der Waals surface area contributed by atoms with Gasteiger partial charge in [-0.05, 0) is 24.1 Å². The molecule has 21 heavy (non-hydrogen) atoms. The molecule has 0 saturated heterocycles. The number of carbonyl (C=O) groups excluding carboxylic acids is 1. The van der Waals surface area contributed by atoms with Gasteiger partial charge in [0.05, 0.1) is 31.0 Å². The van der Waals surface area contributed by atoms with Crippen LogP contribution in [-0.4, -0.2) is 35.0 Å². The van der Waals surface area contributed by atoms with Crippen molar-refractivity contribution in [1.29, 1.82) is 10.5 Å². The van der Waals surface area contributed by atoms with Gasteiger partial charge in [-0.15, -0.1) is 0 Å². The van der Waals surface area contributed by atoms with Crippen molar-refractivity contribution < 1.29 is 9.90 Å². The van der Waals surface area contributed by atoms with E-state index in [0.717, 1.165) is 5.56 Å². The predicted octanol–water partition coefficient (Wildman–Crippen LogP) is 0.918. The number of hydrogen-bond donors (Lipinski definition) is 2. The van der Waals surface area contributed by atoms with Crippen LogP contribution in [0.15, 0.2) is 24.3 Å². The predicted molar refractivity (Wildman–Crippen MR) is 76.8 cm³/mol. The molecule has 1 atom stereocenters. The summed E-state index contributed by atoms with van der Waals surface area (Å²) >= 11 is 0. The Hall–Kier alpha value is -2.57. The van der Waals surface area contributed by atoms with Gasteiger partial charge < -0.3 is 15.7 Å². The molecular formula is C15H18N4O2. The standard InChI is InChI=1S/C15H18N4O2/c16-7-1-9-19(10-2-8-17)15(21)14(18)11-12-3-5-13(20)6-4-12/h3-6,14,20H,1-2,9-11,18H2. The highest BCUT2D eigenvalue weighted by atomic mass is 16.3. The molecule has 0 aliphatic carbocycles. The highest BCUT2D eigenvalue weighted by Crippen LogP contribution is 2.11. The number of phenols is 1. The van der Waals surface area contributed by atoms with E-state index in [1.54, 1.807) is 12.1 Å². The van der Waals surface area contributed by atoms with E-state index < -0.39 is 6.04 Å². The van der Waals surface area contributed by atoms with Crippen LogP contribution in [0.1, 0.15) is 18.4 Å². The molecule has 0 heterocycles. The molecule has 0 bridgehead atoms. The highest BCUT2D eigenvalue weighted by Gasteiger charge is 2.20. The van der Waals surface area contributed by atoms with Crippen molar-refractivity contribution in [1.82, 2.24) is 4.90 Å². The van der Waals surface area contributed by atoms with E-state index in [1.165, 1.54) is 17.0 Å². The molecule has 0 spiro atoms. The van der Waals surface area contributed by atoms with Crippen molar-refractivity contribution in [3.05, 3.63) is 29.8 Å². The Balaban J connectivity index is 2.66. The summed E-state index contributed by atoms with van der Waals surface area (Å²) in [6.07, 6.45) is 0.765. The number of nitrogens with zero attached hydrogens (tertiary/aromatic N) is 3. The zero-order valence-corrected chi connectivity index (χ0v) is 11.7. The van der Waals surface area contributed by atoms with Gasteiger partial charge in [-0.25, -0.2) is 0 Å². The molecule has 1 aromatic rings. The Labute approximate surface area is 124 Å². The molecule has 1 amide bonds. The summed E-state index contributed by atoms with van der Waals surface area (Å²) in [5.74, 6) is -0.114. The smallest absolute Gasteiger partial charge is 0.239 e. The van der Waals surface area contributed by atoms with Crippen molar-refractivity contribution in [2.45, 2.75) is 25.3 Å². The lowest BCUT2D eigenvalue weighted by atomic mass is 10.1. The van der Waals surface area contributed by atoms with Gasteiger partial charge in [-0.2, -0.15) is 10.5 Å². The first-order valence-corrected chi connectivity index (χ1v) is 6.64. The second-order valence-electron chi connectivity index (χ2n) is 4.62. The monoisotopic (exact) mass is 286 g/mol. The van der Waals surface area contributed by atoms with E-state index in [2.05, 4.69) is 0 Å². The Morgan fingerprint density at radius 3 is 2.19 bits per heavy atom. The van der Waals surface area contributed by atoms with E-state index in [-0.39, 0.29) is 37.6 Å². The summed E-state index contributed by atoms with van der Waals surface area (Å²) in [4.78, 5) is 13.7. The average Bonchev–Trinajstić information content (AvgIpc) is 2.49. The number of benzene rings is 1. The number of hydrogen-bond acceptors (Lipinski definition) is 5. The van der Waals surface area contributed by atoms with Crippen molar-refractivity contribution in [3.63, 3.8) is 0 Å². The quantitative estimate of drug-likeness (QED) is 0.773. The summed E-state index contributed by atoms with van der Waals surface area (Å²) in [6, 6.07) is 9.71.